The minimum Gasteiger partial charge on any atom is -0.478 e. The highest BCUT2D eigenvalue weighted by atomic mass is 16.6. The highest BCUT2D eigenvalue weighted by Crippen LogP contribution is 2.11. The quantitative estimate of drug-likeness (QED) is 0.574. The summed E-state index contributed by atoms with van der Waals surface area (Å²) in [5.74, 6) is -1.64. The van der Waals surface area contributed by atoms with Gasteiger partial charge in [0, 0.05) is 6.42 Å². The predicted octanol–water partition coefficient (Wildman–Crippen LogP) is 3.81. The molecule has 2 rings (SSSR count). The zero-order valence-corrected chi connectivity index (χ0v) is 17.2. The Morgan fingerprint density at radius 2 is 1.63 bits per heavy atom. The first-order valence-corrected chi connectivity index (χ1v) is 9.86. The molecule has 7 nitrogen and oxygen atoms in total. The Bertz CT molecular complexity index is 835. The van der Waals surface area contributed by atoms with E-state index in [0.717, 1.165) is 11.1 Å². The van der Waals surface area contributed by atoms with E-state index in [9.17, 15) is 14.4 Å². The number of carboxylic acid groups (broad SMARTS) is 1. The minimum atomic E-state index is -0.991. The van der Waals surface area contributed by atoms with Gasteiger partial charge in [-0.25, -0.2) is 14.4 Å². The average Bonchev–Trinajstić information content (AvgIpc) is 2.76. The number of rotatable bonds is 10. The van der Waals surface area contributed by atoms with E-state index >= 15 is 0 Å². The van der Waals surface area contributed by atoms with Crippen LogP contribution < -0.4 is 5.32 Å². The fourth-order valence-electron chi connectivity index (χ4n) is 2.73. The van der Waals surface area contributed by atoms with Gasteiger partial charge in [0.25, 0.3) is 0 Å². The predicted molar refractivity (Wildman–Crippen MR) is 111 cm³/mol. The normalized spacial score (nSPS) is 12.5. The number of hydrogen-bond acceptors (Lipinski definition) is 5. The molecular formula is C23H27NO6. The molecule has 0 fully saturated rings. The van der Waals surface area contributed by atoms with E-state index in [1.54, 1.807) is 12.1 Å². The molecule has 0 aliphatic heterocycles. The second-order valence-corrected chi connectivity index (χ2v) is 6.99. The Morgan fingerprint density at radius 1 is 0.967 bits per heavy atom. The molecule has 160 valence electrons. The molecule has 0 unspecified atom stereocenters. The zero-order chi connectivity index (χ0) is 21.9. The van der Waals surface area contributed by atoms with Gasteiger partial charge < -0.3 is 19.9 Å². The first kappa shape index (κ1) is 22.9. The van der Waals surface area contributed by atoms with Crippen LogP contribution in [0.2, 0.25) is 0 Å². The molecule has 30 heavy (non-hydrogen) atoms. The Hall–Kier alpha value is -3.35. The van der Waals surface area contributed by atoms with Gasteiger partial charge in [0.05, 0.1) is 12.2 Å². The van der Waals surface area contributed by atoms with Crippen LogP contribution in [0.1, 0.15) is 41.8 Å². The third-order valence-electron chi connectivity index (χ3n) is 4.79. The lowest BCUT2D eigenvalue weighted by Gasteiger charge is -2.22. The lowest BCUT2D eigenvalue weighted by atomic mass is 9.99. The number of esters is 1. The van der Waals surface area contributed by atoms with Crippen LogP contribution in [-0.2, 0) is 27.3 Å². The molecule has 0 saturated heterocycles. The van der Waals surface area contributed by atoms with Crippen LogP contribution in [0.3, 0.4) is 0 Å². The summed E-state index contributed by atoms with van der Waals surface area (Å²) in [6.45, 7) is 4.01. The van der Waals surface area contributed by atoms with E-state index < -0.39 is 24.1 Å². The van der Waals surface area contributed by atoms with Gasteiger partial charge in [-0.15, -0.1) is 0 Å². The summed E-state index contributed by atoms with van der Waals surface area (Å²) in [5.41, 5.74) is 1.90. The summed E-state index contributed by atoms with van der Waals surface area (Å²) >= 11 is 0. The summed E-state index contributed by atoms with van der Waals surface area (Å²) in [4.78, 5) is 35.5. The first-order valence-electron chi connectivity index (χ1n) is 9.86. The highest BCUT2D eigenvalue weighted by molar-refractivity contribution is 5.87. The van der Waals surface area contributed by atoms with Crippen molar-refractivity contribution in [2.75, 3.05) is 6.61 Å². The van der Waals surface area contributed by atoms with Gasteiger partial charge in [-0.3, -0.25) is 0 Å². The van der Waals surface area contributed by atoms with Gasteiger partial charge in [0.2, 0.25) is 0 Å². The van der Waals surface area contributed by atoms with Crippen LogP contribution in [0.5, 0.6) is 0 Å². The highest BCUT2D eigenvalue weighted by Gasteiger charge is 2.28. The number of carbonyl (C=O) groups excluding carboxylic acids is 2. The molecule has 0 aromatic heterocycles. The Balaban J connectivity index is 1.84. The molecule has 0 heterocycles. The fourth-order valence-corrected chi connectivity index (χ4v) is 2.73. The van der Waals surface area contributed by atoms with E-state index in [0.29, 0.717) is 12.8 Å². The Kier molecular flexibility index (Phi) is 8.87. The summed E-state index contributed by atoms with van der Waals surface area (Å²) in [5, 5.41) is 11.5. The monoisotopic (exact) mass is 413 g/mol. The summed E-state index contributed by atoms with van der Waals surface area (Å²) in [6, 6.07) is 14.8. The minimum absolute atomic E-state index is 0.112. The standard InChI is InChI=1S/C23H27NO6/c1-3-16(2)20(24-23(28)30-15-18-7-5-4-6-8-18)22(27)29-14-13-17-9-11-19(12-10-17)21(25)26/h4-12,16,20H,3,13-15H2,1-2H3,(H,24,28)(H,25,26)/t16-,20-/m0/s1. The smallest absolute Gasteiger partial charge is 0.408 e. The maximum Gasteiger partial charge on any atom is 0.408 e. The summed E-state index contributed by atoms with van der Waals surface area (Å²) < 4.78 is 10.5. The van der Waals surface area contributed by atoms with E-state index in [1.165, 1.54) is 12.1 Å². The number of carbonyl (C=O) groups is 3. The molecule has 2 aromatic carbocycles. The molecule has 2 N–H and O–H groups in total. The van der Waals surface area contributed by atoms with Crippen LogP contribution in [0, 0.1) is 5.92 Å². The van der Waals surface area contributed by atoms with Crippen molar-refractivity contribution in [3.8, 4) is 0 Å². The number of benzene rings is 2. The van der Waals surface area contributed by atoms with Crippen molar-refractivity contribution in [3.05, 3.63) is 71.3 Å². The van der Waals surface area contributed by atoms with Gasteiger partial charge in [0.15, 0.2) is 0 Å². The Morgan fingerprint density at radius 3 is 2.23 bits per heavy atom. The van der Waals surface area contributed by atoms with Crippen LogP contribution in [-0.4, -0.2) is 35.8 Å². The maximum atomic E-state index is 12.5. The van der Waals surface area contributed by atoms with Crippen molar-refractivity contribution < 1.29 is 29.0 Å². The molecule has 0 aliphatic carbocycles. The molecule has 2 aromatic rings. The average molecular weight is 413 g/mol. The van der Waals surface area contributed by atoms with Gasteiger partial charge >= 0.3 is 18.0 Å². The number of aromatic carboxylic acids is 1. The van der Waals surface area contributed by atoms with Crippen LogP contribution >= 0.6 is 0 Å². The van der Waals surface area contributed by atoms with Crippen molar-refractivity contribution >= 4 is 18.0 Å². The molecular weight excluding hydrogens is 386 g/mol. The van der Waals surface area contributed by atoms with Crippen molar-refractivity contribution in [3.63, 3.8) is 0 Å². The largest absolute Gasteiger partial charge is 0.478 e. The lowest BCUT2D eigenvalue weighted by Crippen LogP contribution is -2.46. The number of carboxylic acids is 1. The second-order valence-electron chi connectivity index (χ2n) is 6.99. The molecule has 0 bridgehead atoms. The summed E-state index contributed by atoms with van der Waals surface area (Å²) in [7, 11) is 0. The van der Waals surface area contributed by atoms with Gasteiger partial charge in [-0.2, -0.15) is 0 Å². The SMILES string of the molecule is CC[C@H](C)[C@H](NC(=O)OCc1ccccc1)C(=O)OCCc1ccc(C(=O)O)cc1. The first-order chi connectivity index (χ1) is 14.4. The van der Waals surface area contributed by atoms with Crippen LogP contribution in [0.15, 0.2) is 54.6 Å². The second kappa shape index (κ2) is 11.6. The van der Waals surface area contributed by atoms with Gasteiger partial charge in [-0.1, -0.05) is 62.7 Å². The molecule has 7 heteroatoms. The third-order valence-corrected chi connectivity index (χ3v) is 4.79. The van der Waals surface area contributed by atoms with E-state index in [1.807, 2.05) is 44.2 Å². The maximum absolute atomic E-state index is 12.5. The number of amides is 1. The fraction of sp³-hybridized carbons (Fsp3) is 0.348. The number of hydrogen-bond donors (Lipinski definition) is 2. The molecule has 2 atom stereocenters. The zero-order valence-electron chi connectivity index (χ0n) is 17.2. The summed E-state index contributed by atoms with van der Waals surface area (Å²) in [6.07, 6.45) is 0.442. The number of nitrogens with one attached hydrogen (secondary N) is 1. The topological polar surface area (TPSA) is 102 Å². The molecule has 0 spiro atoms. The van der Waals surface area contributed by atoms with Crippen LogP contribution in [0.4, 0.5) is 4.79 Å². The van der Waals surface area contributed by atoms with Crippen LogP contribution in [0.25, 0.3) is 0 Å². The lowest BCUT2D eigenvalue weighted by molar-refractivity contribution is -0.147. The number of alkyl carbamates (subject to hydrolysis) is 1. The number of ether oxygens (including phenoxy) is 2. The van der Waals surface area contributed by atoms with Gasteiger partial charge in [0.1, 0.15) is 12.6 Å². The van der Waals surface area contributed by atoms with Crippen molar-refractivity contribution in [1.82, 2.24) is 5.32 Å². The van der Waals surface area contributed by atoms with E-state index in [4.69, 9.17) is 14.6 Å². The molecule has 1 amide bonds. The molecule has 0 aliphatic rings. The van der Waals surface area contributed by atoms with Gasteiger partial charge in [-0.05, 0) is 29.2 Å². The molecule has 0 saturated carbocycles. The third kappa shape index (κ3) is 7.24. The van der Waals surface area contributed by atoms with Crippen molar-refractivity contribution in [2.24, 2.45) is 5.92 Å². The van der Waals surface area contributed by atoms with Crippen molar-refractivity contribution in [1.29, 1.82) is 0 Å². The Labute approximate surface area is 176 Å². The van der Waals surface area contributed by atoms with Crippen molar-refractivity contribution in [2.45, 2.75) is 39.3 Å². The van der Waals surface area contributed by atoms with E-state index in [-0.39, 0.29) is 24.7 Å². The van der Waals surface area contributed by atoms with E-state index in [2.05, 4.69) is 5.32 Å². The molecule has 0 radical (unpaired) electrons.